The highest BCUT2D eigenvalue weighted by Gasteiger charge is 2.03. The maximum absolute atomic E-state index is 10.7. The summed E-state index contributed by atoms with van der Waals surface area (Å²) < 4.78 is 25.5. The van der Waals surface area contributed by atoms with Crippen LogP contribution in [-0.4, -0.2) is 41.1 Å². The van der Waals surface area contributed by atoms with Crippen LogP contribution < -0.4 is 4.72 Å². The molecule has 1 rings (SSSR count). The Morgan fingerprint density at radius 3 is 2.93 bits per heavy atom. The van der Waals surface area contributed by atoms with E-state index >= 15 is 0 Å². The number of rotatable bonds is 6. The van der Waals surface area contributed by atoms with Gasteiger partial charge in [-0.25, -0.2) is 13.1 Å². The molecule has 0 spiro atoms. The Hall–Kier alpha value is -0.990. The van der Waals surface area contributed by atoms with E-state index in [4.69, 9.17) is 5.11 Å². The first-order valence-electron chi connectivity index (χ1n) is 4.45. The van der Waals surface area contributed by atoms with Crippen LogP contribution in [0.1, 0.15) is 12.2 Å². The molecule has 0 bridgehead atoms. The fourth-order valence-corrected chi connectivity index (χ4v) is 1.61. The van der Waals surface area contributed by atoms with Gasteiger partial charge in [-0.3, -0.25) is 0 Å². The normalized spacial score (nSPS) is 11.9. The quantitative estimate of drug-likeness (QED) is 0.597. The highest BCUT2D eigenvalue weighted by atomic mass is 32.2. The van der Waals surface area contributed by atoms with Crippen molar-refractivity contribution in [3.8, 4) is 0 Å². The van der Waals surface area contributed by atoms with Crippen LogP contribution in [-0.2, 0) is 23.2 Å². The van der Waals surface area contributed by atoms with Crippen LogP contribution in [0.15, 0.2) is 6.33 Å². The maximum atomic E-state index is 10.7. The average Bonchev–Trinajstić information content (AvgIpc) is 2.58. The second-order valence-electron chi connectivity index (χ2n) is 3.12. The summed E-state index contributed by atoms with van der Waals surface area (Å²) >= 11 is 0. The van der Waals surface area contributed by atoms with Crippen molar-refractivity contribution in [2.24, 2.45) is 0 Å². The number of aliphatic hydroxyl groups excluding tert-OH is 1. The number of nitrogens with zero attached hydrogens (tertiary/aromatic N) is 3. The van der Waals surface area contributed by atoms with E-state index in [1.807, 2.05) is 0 Å². The van der Waals surface area contributed by atoms with Crippen molar-refractivity contribution in [3.05, 3.63) is 12.2 Å². The number of aryl methyl sites for hydroxylation is 1. The van der Waals surface area contributed by atoms with Crippen LogP contribution in [0.3, 0.4) is 0 Å². The van der Waals surface area contributed by atoms with Gasteiger partial charge in [0, 0.05) is 13.1 Å². The summed E-state index contributed by atoms with van der Waals surface area (Å²) in [6, 6.07) is 0. The van der Waals surface area contributed by atoms with E-state index in [2.05, 4.69) is 14.9 Å². The summed E-state index contributed by atoms with van der Waals surface area (Å²) in [5.74, 6) is 0.481. The van der Waals surface area contributed by atoms with Crippen molar-refractivity contribution in [1.29, 1.82) is 0 Å². The molecule has 1 aromatic heterocycles. The second-order valence-corrected chi connectivity index (χ2v) is 4.95. The second kappa shape index (κ2) is 5.19. The van der Waals surface area contributed by atoms with E-state index in [9.17, 15) is 8.42 Å². The SMILES string of the molecule is CS(=O)(=O)NCCCn1cnnc1CO. The molecule has 0 aliphatic carbocycles. The summed E-state index contributed by atoms with van der Waals surface area (Å²) in [6.45, 7) is 0.771. The Kier molecular flexibility index (Phi) is 4.18. The molecule has 15 heavy (non-hydrogen) atoms. The Morgan fingerprint density at radius 1 is 1.60 bits per heavy atom. The molecule has 0 saturated carbocycles. The molecular weight excluding hydrogens is 220 g/mol. The van der Waals surface area contributed by atoms with Crippen LogP contribution in [0.4, 0.5) is 0 Å². The molecule has 0 aliphatic heterocycles. The molecule has 0 saturated heterocycles. The monoisotopic (exact) mass is 234 g/mol. The van der Waals surface area contributed by atoms with E-state index in [0.29, 0.717) is 25.3 Å². The third kappa shape index (κ3) is 4.36. The minimum absolute atomic E-state index is 0.167. The van der Waals surface area contributed by atoms with Gasteiger partial charge in [-0.15, -0.1) is 10.2 Å². The predicted molar refractivity (Wildman–Crippen MR) is 53.4 cm³/mol. The summed E-state index contributed by atoms with van der Waals surface area (Å²) in [4.78, 5) is 0. The van der Waals surface area contributed by atoms with E-state index < -0.39 is 10.0 Å². The van der Waals surface area contributed by atoms with Crippen LogP contribution in [0.2, 0.25) is 0 Å². The molecule has 0 fully saturated rings. The predicted octanol–water partition coefficient (Wildman–Crippen LogP) is -1.29. The van der Waals surface area contributed by atoms with Crippen molar-refractivity contribution in [2.75, 3.05) is 12.8 Å². The van der Waals surface area contributed by atoms with Crippen LogP contribution in [0.25, 0.3) is 0 Å². The van der Waals surface area contributed by atoms with Gasteiger partial charge in [0.2, 0.25) is 10.0 Å². The number of sulfonamides is 1. The number of aromatic nitrogens is 3. The summed E-state index contributed by atoms with van der Waals surface area (Å²) in [5.41, 5.74) is 0. The molecule has 0 amide bonds. The molecule has 1 heterocycles. The molecule has 2 N–H and O–H groups in total. The van der Waals surface area contributed by atoms with Gasteiger partial charge in [0.15, 0.2) is 5.82 Å². The van der Waals surface area contributed by atoms with Gasteiger partial charge in [-0.05, 0) is 6.42 Å². The zero-order valence-corrected chi connectivity index (χ0v) is 9.24. The topological polar surface area (TPSA) is 97.1 Å². The Labute approximate surface area is 88.2 Å². The molecule has 86 valence electrons. The molecule has 0 unspecified atom stereocenters. The summed E-state index contributed by atoms with van der Waals surface area (Å²) in [6.07, 6.45) is 3.25. The Bertz CT molecular complexity index is 400. The molecular formula is C7H14N4O3S. The van der Waals surface area contributed by atoms with Crippen molar-refractivity contribution in [1.82, 2.24) is 19.5 Å². The van der Waals surface area contributed by atoms with Crippen LogP contribution in [0, 0.1) is 0 Å². The number of nitrogens with one attached hydrogen (secondary N) is 1. The minimum Gasteiger partial charge on any atom is -0.388 e. The number of aliphatic hydroxyl groups is 1. The van der Waals surface area contributed by atoms with Gasteiger partial charge in [-0.2, -0.15) is 0 Å². The zero-order valence-electron chi connectivity index (χ0n) is 8.42. The Morgan fingerprint density at radius 2 is 2.33 bits per heavy atom. The summed E-state index contributed by atoms with van der Waals surface area (Å²) in [5, 5.41) is 16.2. The smallest absolute Gasteiger partial charge is 0.208 e. The highest BCUT2D eigenvalue weighted by molar-refractivity contribution is 7.88. The highest BCUT2D eigenvalue weighted by Crippen LogP contribution is 1.96. The lowest BCUT2D eigenvalue weighted by Crippen LogP contribution is -2.24. The van der Waals surface area contributed by atoms with Crippen molar-refractivity contribution in [2.45, 2.75) is 19.6 Å². The molecule has 8 heteroatoms. The third-order valence-electron chi connectivity index (χ3n) is 1.78. The zero-order chi connectivity index (χ0) is 11.3. The van der Waals surface area contributed by atoms with Crippen molar-refractivity contribution in [3.63, 3.8) is 0 Å². The Balaban J connectivity index is 2.32. The first kappa shape index (κ1) is 12.1. The van der Waals surface area contributed by atoms with E-state index in [1.165, 1.54) is 6.33 Å². The minimum atomic E-state index is -3.12. The fraction of sp³-hybridized carbons (Fsp3) is 0.714. The number of hydrogen-bond donors (Lipinski definition) is 2. The van der Waals surface area contributed by atoms with Crippen LogP contribution >= 0.6 is 0 Å². The lowest BCUT2D eigenvalue weighted by molar-refractivity contribution is 0.264. The largest absolute Gasteiger partial charge is 0.388 e. The molecule has 7 nitrogen and oxygen atoms in total. The van der Waals surface area contributed by atoms with E-state index in [-0.39, 0.29) is 6.61 Å². The van der Waals surface area contributed by atoms with Crippen molar-refractivity contribution >= 4 is 10.0 Å². The first-order chi connectivity index (χ1) is 7.03. The van der Waals surface area contributed by atoms with Gasteiger partial charge in [0.05, 0.1) is 6.26 Å². The van der Waals surface area contributed by atoms with Gasteiger partial charge < -0.3 is 9.67 Å². The number of hydrogen-bond acceptors (Lipinski definition) is 5. The molecule has 1 aromatic rings. The lowest BCUT2D eigenvalue weighted by Gasteiger charge is -2.04. The molecule has 0 aliphatic rings. The standard InChI is InChI=1S/C7H14N4O3S/c1-15(13,14)9-3-2-4-11-6-8-10-7(11)5-12/h6,9,12H,2-5H2,1H3. The van der Waals surface area contributed by atoms with Gasteiger partial charge in [-0.1, -0.05) is 0 Å². The van der Waals surface area contributed by atoms with Gasteiger partial charge in [0.1, 0.15) is 12.9 Å². The van der Waals surface area contributed by atoms with E-state index in [1.54, 1.807) is 4.57 Å². The maximum Gasteiger partial charge on any atom is 0.208 e. The molecule has 0 radical (unpaired) electrons. The molecule has 0 aromatic carbocycles. The van der Waals surface area contributed by atoms with Crippen molar-refractivity contribution < 1.29 is 13.5 Å². The summed E-state index contributed by atoms with van der Waals surface area (Å²) in [7, 11) is -3.12. The van der Waals surface area contributed by atoms with E-state index in [0.717, 1.165) is 6.26 Å². The average molecular weight is 234 g/mol. The van der Waals surface area contributed by atoms with Gasteiger partial charge >= 0.3 is 0 Å². The van der Waals surface area contributed by atoms with Crippen LogP contribution in [0.5, 0.6) is 0 Å². The lowest BCUT2D eigenvalue weighted by atomic mass is 10.4. The third-order valence-corrected chi connectivity index (χ3v) is 2.51. The van der Waals surface area contributed by atoms with Gasteiger partial charge in [0.25, 0.3) is 0 Å². The first-order valence-corrected chi connectivity index (χ1v) is 6.34. The molecule has 0 atom stereocenters. The fourth-order valence-electron chi connectivity index (χ4n) is 1.10.